The first kappa shape index (κ1) is 26.3. The topological polar surface area (TPSA) is 104 Å². The summed E-state index contributed by atoms with van der Waals surface area (Å²) in [7, 11) is 1.57. The van der Waals surface area contributed by atoms with E-state index in [1.807, 2.05) is 0 Å². The molecule has 1 saturated carbocycles. The lowest BCUT2D eigenvalue weighted by Gasteiger charge is -2.45. The van der Waals surface area contributed by atoms with Crippen LogP contribution in [-0.2, 0) is 9.53 Å². The van der Waals surface area contributed by atoms with Gasteiger partial charge in [0.25, 0.3) is 5.91 Å². The molecule has 0 unspecified atom stereocenters. The van der Waals surface area contributed by atoms with E-state index in [4.69, 9.17) is 16.3 Å². The van der Waals surface area contributed by atoms with Crippen LogP contribution in [0.15, 0.2) is 18.5 Å². The van der Waals surface area contributed by atoms with E-state index in [1.165, 1.54) is 12.4 Å². The molecule has 1 aliphatic carbocycles. The van der Waals surface area contributed by atoms with Gasteiger partial charge >= 0.3 is 0 Å². The summed E-state index contributed by atoms with van der Waals surface area (Å²) >= 11 is 6.31. The highest BCUT2D eigenvalue weighted by Crippen LogP contribution is 2.46. The second-order valence-corrected chi connectivity index (χ2v) is 10.2. The van der Waals surface area contributed by atoms with Crippen LogP contribution in [-0.4, -0.2) is 53.9 Å². The number of halogens is 2. The number of carbonyl (C=O) groups is 3. The third kappa shape index (κ3) is 5.32. The molecule has 1 spiro atoms. The van der Waals surface area contributed by atoms with Crippen LogP contribution in [0.5, 0.6) is 0 Å². The molecule has 2 aromatic rings. The number of aromatic nitrogens is 2. The molecule has 194 valence electrons. The van der Waals surface area contributed by atoms with Gasteiger partial charge in [-0.15, -0.1) is 0 Å². The Morgan fingerprint density at radius 3 is 2.78 bits per heavy atom. The van der Waals surface area contributed by atoms with Gasteiger partial charge in [-0.2, -0.15) is 0 Å². The van der Waals surface area contributed by atoms with Gasteiger partial charge in [0.05, 0.1) is 17.0 Å². The third-order valence-corrected chi connectivity index (χ3v) is 7.72. The molecule has 2 amide bonds. The van der Waals surface area contributed by atoms with Gasteiger partial charge < -0.3 is 19.9 Å². The van der Waals surface area contributed by atoms with E-state index >= 15 is 0 Å². The number of carbonyl (C=O) groups excluding carboxylic acids is 3. The van der Waals surface area contributed by atoms with Gasteiger partial charge in [0.15, 0.2) is 5.78 Å². The normalized spacial score (nSPS) is 22.2. The molecule has 1 aromatic carbocycles. The average Bonchev–Trinajstić information content (AvgIpc) is 3.35. The number of aromatic amines is 1. The Morgan fingerprint density at radius 2 is 2.06 bits per heavy atom. The van der Waals surface area contributed by atoms with Crippen molar-refractivity contribution >= 4 is 34.9 Å². The van der Waals surface area contributed by atoms with Crippen molar-refractivity contribution in [1.29, 1.82) is 0 Å². The van der Waals surface area contributed by atoms with Gasteiger partial charge in [-0.05, 0) is 69.6 Å². The maximum absolute atomic E-state index is 13.9. The van der Waals surface area contributed by atoms with Gasteiger partial charge in [-0.25, -0.2) is 9.37 Å². The number of hydrogen-bond donors (Lipinski definition) is 2. The fourth-order valence-corrected chi connectivity index (χ4v) is 5.61. The van der Waals surface area contributed by atoms with E-state index in [0.29, 0.717) is 56.5 Å². The maximum Gasteiger partial charge on any atom is 0.270 e. The number of Topliss-reactive ketones (excluding diaryl/α,β-unsaturated/α-hetero) is 1. The summed E-state index contributed by atoms with van der Waals surface area (Å²) in [4.78, 5) is 47.5. The number of ether oxygens (including phenoxy) is 1. The van der Waals surface area contributed by atoms with Gasteiger partial charge in [-0.3, -0.25) is 14.4 Å². The zero-order chi connectivity index (χ0) is 25.9. The van der Waals surface area contributed by atoms with Crippen LogP contribution in [0.4, 0.5) is 10.1 Å². The van der Waals surface area contributed by atoms with Gasteiger partial charge in [0, 0.05) is 38.1 Å². The number of nitrogens with zero attached hydrogens (tertiary/aromatic N) is 2. The quantitative estimate of drug-likeness (QED) is 0.392. The molecule has 4 rings (SSSR count). The minimum absolute atomic E-state index is 0.0175. The van der Waals surface area contributed by atoms with Crippen molar-refractivity contribution in [3.8, 4) is 0 Å². The van der Waals surface area contributed by atoms with Crippen LogP contribution < -0.4 is 10.2 Å². The Morgan fingerprint density at radius 1 is 1.31 bits per heavy atom. The van der Waals surface area contributed by atoms with Crippen molar-refractivity contribution in [1.82, 2.24) is 15.3 Å². The first-order valence-electron chi connectivity index (χ1n) is 12.4. The number of rotatable bonds is 8. The number of methoxy groups -OCH3 is 1. The summed E-state index contributed by atoms with van der Waals surface area (Å²) < 4.78 is 18.9. The summed E-state index contributed by atoms with van der Waals surface area (Å²) in [5.74, 6) is -0.947. The smallest absolute Gasteiger partial charge is 0.270 e. The molecule has 2 aliphatic rings. The lowest BCUT2D eigenvalue weighted by molar-refractivity contribution is -0.132. The molecule has 1 aliphatic heterocycles. The molecule has 36 heavy (non-hydrogen) atoms. The second-order valence-electron chi connectivity index (χ2n) is 9.79. The van der Waals surface area contributed by atoms with Crippen molar-refractivity contribution in [3.63, 3.8) is 0 Å². The number of piperidine rings is 1. The van der Waals surface area contributed by atoms with Crippen molar-refractivity contribution in [3.05, 3.63) is 46.3 Å². The van der Waals surface area contributed by atoms with E-state index in [0.717, 1.165) is 12.8 Å². The zero-order valence-corrected chi connectivity index (χ0v) is 21.4. The first-order valence-corrected chi connectivity index (χ1v) is 12.8. The molecule has 10 heteroatoms. The van der Waals surface area contributed by atoms with E-state index < -0.39 is 11.2 Å². The lowest BCUT2D eigenvalue weighted by atomic mass is 9.67. The number of hydrogen-bond acceptors (Lipinski definition) is 5. The Balaban J connectivity index is 1.39. The molecule has 0 radical (unpaired) electrons. The number of ketones is 1. The van der Waals surface area contributed by atoms with Crippen molar-refractivity contribution in [2.24, 2.45) is 5.41 Å². The predicted octanol–water partition coefficient (Wildman–Crippen LogP) is 4.61. The van der Waals surface area contributed by atoms with Crippen LogP contribution in [0.25, 0.3) is 0 Å². The highest BCUT2D eigenvalue weighted by Gasteiger charge is 2.47. The van der Waals surface area contributed by atoms with Crippen molar-refractivity contribution in [2.75, 3.05) is 25.2 Å². The SMILES string of the molecule is COCCCC(=O)c1nc[nH]c1C(=O)NC1CCC2(CCCN(c3cc(C)c(F)cc3Cl)C2=O)CC1. The van der Waals surface area contributed by atoms with Gasteiger partial charge in [0.2, 0.25) is 5.91 Å². The standard InChI is InChI=1S/C26H32ClFN4O4/c1-16-13-20(18(27)14-19(16)28)32-11-4-8-26(25(32)35)9-6-17(7-10-26)31-24(34)23-22(29-15-30-23)21(33)5-3-12-36-2/h13-15,17H,3-12H2,1-2H3,(H,29,30)(H,31,34). The summed E-state index contributed by atoms with van der Waals surface area (Å²) in [6.07, 6.45) is 6.33. The largest absolute Gasteiger partial charge is 0.385 e. The van der Waals surface area contributed by atoms with Crippen LogP contribution in [0.1, 0.15) is 77.9 Å². The van der Waals surface area contributed by atoms with E-state index in [9.17, 15) is 18.8 Å². The van der Waals surface area contributed by atoms with Crippen LogP contribution >= 0.6 is 11.6 Å². The minimum atomic E-state index is -0.512. The number of H-pyrrole nitrogens is 1. The third-order valence-electron chi connectivity index (χ3n) is 7.42. The monoisotopic (exact) mass is 518 g/mol. The first-order chi connectivity index (χ1) is 17.3. The summed E-state index contributed by atoms with van der Waals surface area (Å²) in [5.41, 5.74) is 0.793. The number of amides is 2. The average molecular weight is 519 g/mol. The minimum Gasteiger partial charge on any atom is -0.385 e. The number of aryl methyl sites for hydroxylation is 1. The molecule has 1 aromatic heterocycles. The fraction of sp³-hybridized carbons (Fsp3) is 0.538. The maximum atomic E-state index is 13.9. The Labute approximate surface area is 214 Å². The number of anilines is 1. The zero-order valence-electron chi connectivity index (χ0n) is 20.7. The number of benzene rings is 1. The van der Waals surface area contributed by atoms with Crippen LogP contribution in [0.3, 0.4) is 0 Å². The Bertz CT molecular complexity index is 1140. The molecule has 1 saturated heterocycles. The Kier molecular flexibility index (Phi) is 8.10. The molecular formula is C26H32ClFN4O4. The van der Waals surface area contributed by atoms with Gasteiger partial charge in [-0.1, -0.05) is 11.6 Å². The van der Waals surface area contributed by atoms with E-state index in [2.05, 4.69) is 15.3 Å². The molecule has 0 bridgehead atoms. The van der Waals surface area contributed by atoms with Crippen molar-refractivity contribution < 1.29 is 23.5 Å². The number of imidazole rings is 1. The van der Waals surface area contributed by atoms with Crippen molar-refractivity contribution in [2.45, 2.75) is 64.3 Å². The van der Waals surface area contributed by atoms with Crippen LogP contribution in [0.2, 0.25) is 5.02 Å². The van der Waals surface area contributed by atoms with E-state index in [1.54, 1.807) is 25.0 Å². The summed E-state index contributed by atoms with van der Waals surface area (Å²) in [6, 6.07) is 2.79. The molecule has 2 fully saturated rings. The predicted molar refractivity (Wildman–Crippen MR) is 134 cm³/mol. The molecule has 2 heterocycles. The van der Waals surface area contributed by atoms with E-state index in [-0.39, 0.29) is 46.5 Å². The second kappa shape index (κ2) is 11.1. The molecule has 0 atom stereocenters. The molecular weight excluding hydrogens is 487 g/mol. The van der Waals surface area contributed by atoms with Crippen LogP contribution in [0, 0.1) is 18.2 Å². The lowest BCUT2D eigenvalue weighted by Crippen LogP contribution is -2.52. The highest BCUT2D eigenvalue weighted by molar-refractivity contribution is 6.34. The molecule has 8 nitrogen and oxygen atoms in total. The van der Waals surface area contributed by atoms with Gasteiger partial charge in [0.1, 0.15) is 17.2 Å². The highest BCUT2D eigenvalue weighted by atomic mass is 35.5. The summed E-state index contributed by atoms with van der Waals surface area (Å²) in [5, 5.41) is 3.24. The summed E-state index contributed by atoms with van der Waals surface area (Å²) in [6.45, 7) is 2.67. The fourth-order valence-electron chi connectivity index (χ4n) is 5.36. The number of nitrogens with one attached hydrogen (secondary N) is 2. The molecule has 2 N–H and O–H groups in total. The Hall–Kier alpha value is -2.78.